The van der Waals surface area contributed by atoms with E-state index in [1.165, 1.54) is 29.2 Å². The Morgan fingerprint density at radius 2 is 2.04 bits per heavy atom. The van der Waals surface area contributed by atoms with Crippen LogP contribution in [0.15, 0.2) is 54.7 Å². The second kappa shape index (κ2) is 6.37. The topological polar surface area (TPSA) is 36.1 Å². The molecule has 3 nitrogen and oxygen atoms in total. The van der Waals surface area contributed by atoms with E-state index >= 15 is 0 Å². The lowest BCUT2D eigenvalue weighted by molar-refractivity contribution is 0.0768. The van der Waals surface area contributed by atoms with Crippen molar-refractivity contribution in [2.45, 2.75) is 6.42 Å². The molecule has 0 radical (unpaired) electrons. The SMILES string of the molecule is O=C(c1cc(Cl)ccc1F)N1CC=C(c2c[nH]c3ccccc23)CC1. The molecule has 4 rings (SSSR count). The van der Waals surface area contributed by atoms with Gasteiger partial charge in [-0.1, -0.05) is 35.9 Å². The minimum absolute atomic E-state index is 0.0245. The lowest BCUT2D eigenvalue weighted by Crippen LogP contribution is -2.35. The van der Waals surface area contributed by atoms with Crippen LogP contribution in [0.5, 0.6) is 0 Å². The van der Waals surface area contributed by atoms with Crippen LogP contribution in [0.4, 0.5) is 4.39 Å². The normalized spacial score (nSPS) is 14.6. The van der Waals surface area contributed by atoms with E-state index in [0.717, 1.165) is 17.5 Å². The molecule has 0 fully saturated rings. The molecule has 0 bridgehead atoms. The number of aromatic nitrogens is 1. The Labute approximate surface area is 149 Å². The number of para-hydroxylation sites is 1. The molecule has 3 aromatic rings. The van der Waals surface area contributed by atoms with Crippen LogP contribution in [0, 0.1) is 5.82 Å². The molecule has 0 spiro atoms. The fourth-order valence-electron chi connectivity index (χ4n) is 3.27. The molecular weight excluding hydrogens is 339 g/mol. The standard InChI is InChI=1S/C20H16ClFN2O/c21-14-5-6-18(22)16(11-14)20(25)24-9-7-13(8-10-24)17-12-23-19-4-2-1-3-15(17)19/h1-7,11-12,23H,8-10H2. The number of nitrogens with zero attached hydrogens (tertiary/aromatic N) is 1. The molecule has 1 amide bonds. The number of carbonyl (C=O) groups excluding carboxylic acids is 1. The maximum atomic E-state index is 13.9. The molecule has 5 heteroatoms. The second-order valence-electron chi connectivity index (χ2n) is 6.10. The zero-order valence-corrected chi connectivity index (χ0v) is 14.2. The Balaban J connectivity index is 1.58. The van der Waals surface area contributed by atoms with Gasteiger partial charge < -0.3 is 9.88 Å². The van der Waals surface area contributed by atoms with E-state index in [2.05, 4.69) is 11.1 Å². The molecule has 2 heterocycles. The number of carbonyl (C=O) groups is 1. The quantitative estimate of drug-likeness (QED) is 0.698. The first kappa shape index (κ1) is 15.9. The summed E-state index contributed by atoms with van der Waals surface area (Å²) in [6, 6.07) is 12.2. The molecule has 1 N–H and O–H groups in total. The summed E-state index contributed by atoms with van der Waals surface area (Å²) in [6.45, 7) is 1.01. The predicted molar refractivity (Wildman–Crippen MR) is 98.2 cm³/mol. The van der Waals surface area contributed by atoms with Crippen molar-refractivity contribution in [2.75, 3.05) is 13.1 Å². The van der Waals surface area contributed by atoms with Crippen molar-refractivity contribution in [3.05, 3.63) is 76.7 Å². The largest absolute Gasteiger partial charge is 0.361 e. The van der Waals surface area contributed by atoms with Crippen LogP contribution in [0.2, 0.25) is 5.02 Å². The third kappa shape index (κ3) is 2.94. The monoisotopic (exact) mass is 354 g/mol. The van der Waals surface area contributed by atoms with Gasteiger partial charge in [-0.3, -0.25) is 4.79 Å². The Kier molecular flexibility index (Phi) is 4.06. The molecule has 1 aromatic heterocycles. The van der Waals surface area contributed by atoms with Crippen LogP contribution in [-0.2, 0) is 0 Å². The number of hydrogen-bond acceptors (Lipinski definition) is 1. The Morgan fingerprint density at radius 1 is 1.20 bits per heavy atom. The third-order valence-electron chi connectivity index (χ3n) is 4.59. The van der Waals surface area contributed by atoms with Crippen molar-refractivity contribution in [2.24, 2.45) is 0 Å². The summed E-state index contributed by atoms with van der Waals surface area (Å²) in [5.41, 5.74) is 3.49. The van der Waals surface area contributed by atoms with Crippen molar-refractivity contribution < 1.29 is 9.18 Å². The van der Waals surface area contributed by atoms with Gasteiger partial charge in [-0.15, -0.1) is 0 Å². The number of aromatic amines is 1. The maximum absolute atomic E-state index is 13.9. The number of hydrogen-bond donors (Lipinski definition) is 1. The molecule has 126 valence electrons. The molecule has 25 heavy (non-hydrogen) atoms. The number of nitrogens with one attached hydrogen (secondary N) is 1. The average molecular weight is 355 g/mol. The average Bonchev–Trinajstić information content (AvgIpc) is 3.07. The van der Waals surface area contributed by atoms with Crippen molar-refractivity contribution in [3.63, 3.8) is 0 Å². The van der Waals surface area contributed by atoms with Crippen molar-refractivity contribution >= 4 is 34.0 Å². The van der Waals surface area contributed by atoms with Crippen LogP contribution in [0.3, 0.4) is 0 Å². The number of rotatable bonds is 2. The van der Waals surface area contributed by atoms with E-state index in [-0.39, 0.29) is 11.5 Å². The molecule has 0 saturated heterocycles. The lowest BCUT2D eigenvalue weighted by Gasteiger charge is -2.26. The van der Waals surface area contributed by atoms with Crippen molar-refractivity contribution in [1.82, 2.24) is 9.88 Å². The van der Waals surface area contributed by atoms with Crippen LogP contribution < -0.4 is 0 Å². The molecule has 0 saturated carbocycles. The molecule has 2 aromatic carbocycles. The van der Waals surface area contributed by atoms with Gasteiger partial charge in [0.1, 0.15) is 5.82 Å². The number of H-pyrrole nitrogens is 1. The molecule has 1 aliphatic heterocycles. The summed E-state index contributed by atoms with van der Waals surface area (Å²) in [6.07, 6.45) is 4.78. The predicted octanol–water partition coefficient (Wildman–Crippen LogP) is 4.89. The minimum atomic E-state index is -0.541. The van der Waals surface area contributed by atoms with E-state index in [1.54, 1.807) is 4.90 Å². The van der Waals surface area contributed by atoms with E-state index in [9.17, 15) is 9.18 Å². The Hall–Kier alpha value is -2.59. The van der Waals surface area contributed by atoms with Gasteiger partial charge in [-0.05, 0) is 36.3 Å². The van der Waals surface area contributed by atoms with Gasteiger partial charge >= 0.3 is 0 Å². The van der Waals surface area contributed by atoms with E-state index < -0.39 is 5.82 Å². The second-order valence-corrected chi connectivity index (χ2v) is 6.54. The Bertz CT molecular complexity index is 992. The highest BCUT2D eigenvalue weighted by molar-refractivity contribution is 6.31. The van der Waals surface area contributed by atoms with Crippen LogP contribution in [0.25, 0.3) is 16.5 Å². The summed E-state index contributed by atoms with van der Waals surface area (Å²) in [5.74, 6) is -0.866. The minimum Gasteiger partial charge on any atom is -0.361 e. The van der Waals surface area contributed by atoms with Gasteiger partial charge in [0.2, 0.25) is 0 Å². The first-order chi connectivity index (χ1) is 12.1. The fourth-order valence-corrected chi connectivity index (χ4v) is 3.44. The van der Waals surface area contributed by atoms with Gasteiger partial charge in [0.05, 0.1) is 5.56 Å². The van der Waals surface area contributed by atoms with E-state index in [0.29, 0.717) is 18.1 Å². The van der Waals surface area contributed by atoms with Crippen LogP contribution in [0.1, 0.15) is 22.3 Å². The highest BCUT2D eigenvalue weighted by Crippen LogP contribution is 2.29. The number of halogens is 2. The summed E-state index contributed by atoms with van der Waals surface area (Å²) in [7, 11) is 0. The zero-order chi connectivity index (χ0) is 17.4. The van der Waals surface area contributed by atoms with Gasteiger partial charge in [0.25, 0.3) is 5.91 Å². The first-order valence-corrected chi connectivity index (χ1v) is 8.51. The van der Waals surface area contributed by atoms with E-state index in [4.69, 9.17) is 11.6 Å². The maximum Gasteiger partial charge on any atom is 0.257 e. The van der Waals surface area contributed by atoms with Crippen LogP contribution >= 0.6 is 11.6 Å². The number of amides is 1. The molecule has 0 aliphatic carbocycles. The Morgan fingerprint density at radius 3 is 2.84 bits per heavy atom. The highest BCUT2D eigenvalue weighted by atomic mass is 35.5. The molecule has 1 aliphatic rings. The van der Waals surface area contributed by atoms with E-state index in [1.807, 2.05) is 30.5 Å². The third-order valence-corrected chi connectivity index (χ3v) is 4.83. The summed E-state index contributed by atoms with van der Waals surface area (Å²) < 4.78 is 13.9. The van der Waals surface area contributed by atoms with Gasteiger partial charge in [-0.25, -0.2) is 4.39 Å². The smallest absolute Gasteiger partial charge is 0.257 e. The van der Waals surface area contributed by atoms with Crippen molar-refractivity contribution in [3.8, 4) is 0 Å². The number of fused-ring (bicyclic) bond motifs is 1. The van der Waals surface area contributed by atoms with Crippen molar-refractivity contribution in [1.29, 1.82) is 0 Å². The zero-order valence-electron chi connectivity index (χ0n) is 13.4. The first-order valence-electron chi connectivity index (χ1n) is 8.13. The van der Waals surface area contributed by atoms with Gasteiger partial charge in [-0.2, -0.15) is 0 Å². The molecule has 0 unspecified atom stereocenters. The lowest BCUT2D eigenvalue weighted by atomic mass is 9.98. The highest BCUT2D eigenvalue weighted by Gasteiger charge is 2.22. The van der Waals surface area contributed by atoms with Crippen LogP contribution in [-0.4, -0.2) is 28.9 Å². The summed E-state index contributed by atoms with van der Waals surface area (Å²) in [5, 5.41) is 1.53. The van der Waals surface area contributed by atoms with Gasteiger partial charge in [0.15, 0.2) is 0 Å². The molecular formula is C20H16ClFN2O. The fraction of sp³-hybridized carbons (Fsp3) is 0.150. The number of benzene rings is 2. The summed E-state index contributed by atoms with van der Waals surface area (Å²) in [4.78, 5) is 17.5. The van der Waals surface area contributed by atoms with Gasteiger partial charge in [0, 0.05) is 40.8 Å². The molecule has 0 atom stereocenters. The summed E-state index contributed by atoms with van der Waals surface area (Å²) >= 11 is 5.89.